The molecule has 0 fully saturated rings. The third kappa shape index (κ3) is 3.04. The number of imidazole rings is 1. The summed E-state index contributed by atoms with van der Waals surface area (Å²) in [5, 5.41) is 6.87. The second-order valence-electron chi connectivity index (χ2n) is 5.90. The molecule has 3 heterocycles. The molecule has 1 aromatic carbocycles. The van der Waals surface area contributed by atoms with Crippen molar-refractivity contribution in [1.82, 2.24) is 34.6 Å². The fraction of sp³-hybridized carbons (Fsp3) is 0.167. The largest absolute Gasteiger partial charge is 0.350 e. The molecule has 0 aliphatic carbocycles. The molecule has 0 aliphatic rings. The Balaban J connectivity index is 1.44. The summed E-state index contributed by atoms with van der Waals surface area (Å²) >= 11 is 0. The number of aromatic nitrogens is 6. The Kier molecular flexibility index (Phi) is 4.14. The predicted octanol–water partition coefficient (Wildman–Crippen LogP) is 1.89. The first kappa shape index (κ1) is 15.9. The highest BCUT2D eigenvalue weighted by atomic mass is 16.2. The van der Waals surface area contributed by atoms with E-state index in [0.717, 1.165) is 22.4 Å². The van der Waals surface area contributed by atoms with Crippen molar-refractivity contribution in [2.75, 3.05) is 0 Å². The van der Waals surface area contributed by atoms with E-state index in [2.05, 4.69) is 25.4 Å². The summed E-state index contributed by atoms with van der Waals surface area (Å²) < 4.78 is 3.45. The number of nitrogens with one attached hydrogen (secondary N) is 1. The van der Waals surface area contributed by atoms with Gasteiger partial charge in [-0.15, -0.1) is 0 Å². The van der Waals surface area contributed by atoms with Gasteiger partial charge in [-0.05, 0) is 30.7 Å². The third-order valence-electron chi connectivity index (χ3n) is 4.19. The number of hydrogen-bond donors (Lipinski definition) is 1. The first-order valence-corrected chi connectivity index (χ1v) is 8.21. The molecule has 4 rings (SSSR count). The van der Waals surface area contributed by atoms with Crippen LogP contribution in [0.4, 0.5) is 0 Å². The van der Waals surface area contributed by atoms with Crippen LogP contribution in [0.25, 0.3) is 16.9 Å². The Hall–Kier alpha value is -3.55. The summed E-state index contributed by atoms with van der Waals surface area (Å²) in [5.74, 6) is 0.657. The van der Waals surface area contributed by atoms with E-state index < -0.39 is 6.04 Å². The zero-order valence-corrected chi connectivity index (χ0v) is 14.1. The van der Waals surface area contributed by atoms with Crippen LogP contribution in [0, 0.1) is 0 Å². The van der Waals surface area contributed by atoms with E-state index in [1.54, 1.807) is 19.4 Å². The number of benzene rings is 1. The highest BCUT2D eigenvalue weighted by Gasteiger charge is 2.14. The zero-order chi connectivity index (χ0) is 17.9. The topological polar surface area (TPSA) is 90.5 Å². The predicted molar refractivity (Wildman–Crippen MR) is 95.4 cm³/mol. The van der Waals surface area contributed by atoms with E-state index in [-0.39, 0.29) is 5.91 Å². The number of amides is 1. The van der Waals surface area contributed by atoms with Gasteiger partial charge in [0.2, 0.25) is 5.91 Å². The van der Waals surface area contributed by atoms with Gasteiger partial charge in [0, 0.05) is 12.7 Å². The number of carbonyl (C=O) groups excluding carboxylic acids is 1. The van der Waals surface area contributed by atoms with Crippen LogP contribution >= 0.6 is 0 Å². The van der Waals surface area contributed by atoms with Gasteiger partial charge in [0.15, 0.2) is 0 Å². The number of carbonyl (C=O) groups is 1. The molecule has 8 heteroatoms. The van der Waals surface area contributed by atoms with Gasteiger partial charge >= 0.3 is 0 Å². The van der Waals surface area contributed by atoms with Crippen LogP contribution in [-0.4, -0.2) is 35.2 Å². The number of nitrogens with zero attached hydrogens (tertiary/aromatic N) is 6. The van der Waals surface area contributed by atoms with Crippen LogP contribution < -0.4 is 5.32 Å². The Morgan fingerprint density at radius 1 is 1.15 bits per heavy atom. The van der Waals surface area contributed by atoms with Crippen LogP contribution in [0.15, 0.2) is 61.6 Å². The van der Waals surface area contributed by atoms with Crippen LogP contribution in [0.2, 0.25) is 0 Å². The number of pyridine rings is 1. The normalized spacial score (nSPS) is 12.2. The fourth-order valence-corrected chi connectivity index (χ4v) is 2.68. The molecule has 1 unspecified atom stereocenters. The molecule has 26 heavy (non-hydrogen) atoms. The molecule has 0 aliphatic heterocycles. The Morgan fingerprint density at radius 3 is 2.81 bits per heavy atom. The number of para-hydroxylation sites is 2. The smallest absolute Gasteiger partial charge is 0.244 e. The summed E-state index contributed by atoms with van der Waals surface area (Å²) in [5.41, 5.74) is 2.84. The van der Waals surface area contributed by atoms with Crippen molar-refractivity contribution in [2.24, 2.45) is 0 Å². The fourth-order valence-electron chi connectivity index (χ4n) is 2.68. The van der Waals surface area contributed by atoms with Gasteiger partial charge in [-0.25, -0.2) is 19.6 Å². The van der Waals surface area contributed by atoms with Crippen molar-refractivity contribution in [3.05, 3.63) is 67.1 Å². The molecule has 3 aromatic heterocycles. The maximum Gasteiger partial charge on any atom is 0.244 e. The quantitative estimate of drug-likeness (QED) is 0.595. The van der Waals surface area contributed by atoms with E-state index in [9.17, 15) is 4.79 Å². The van der Waals surface area contributed by atoms with Crippen LogP contribution in [-0.2, 0) is 11.3 Å². The lowest BCUT2D eigenvalue weighted by Gasteiger charge is -2.12. The molecular weight excluding hydrogens is 330 g/mol. The van der Waals surface area contributed by atoms with E-state index in [1.807, 2.05) is 41.0 Å². The average Bonchev–Trinajstić information content (AvgIpc) is 3.36. The Morgan fingerprint density at radius 2 is 2.04 bits per heavy atom. The SMILES string of the molecule is CC(C(=O)NCc1ccc(-n2cnc3ccccc32)nc1)n1cncn1. The molecule has 8 nitrogen and oxygen atoms in total. The number of fused-ring (bicyclic) bond motifs is 1. The molecule has 1 atom stereocenters. The molecule has 0 saturated heterocycles. The molecule has 1 amide bonds. The van der Waals surface area contributed by atoms with Gasteiger partial charge in [0.1, 0.15) is 30.8 Å². The van der Waals surface area contributed by atoms with Gasteiger partial charge in [0.05, 0.1) is 11.0 Å². The number of hydrogen-bond acceptors (Lipinski definition) is 5. The van der Waals surface area contributed by atoms with Crippen LogP contribution in [0.5, 0.6) is 0 Å². The van der Waals surface area contributed by atoms with E-state index in [0.29, 0.717) is 6.54 Å². The van der Waals surface area contributed by atoms with Crippen molar-refractivity contribution in [3.8, 4) is 5.82 Å². The van der Waals surface area contributed by atoms with Gasteiger partial charge in [0.25, 0.3) is 0 Å². The highest BCUT2D eigenvalue weighted by Crippen LogP contribution is 2.16. The minimum Gasteiger partial charge on any atom is -0.350 e. The summed E-state index contributed by atoms with van der Waals surface area (Å²) in [6.45, 7) is 2.17. The van der Waals surface area contributed by atoms with E-state index >= 15 is 0 Å². The summed E-state index contributed by atoms with van der Waals surface area (Å²) in [7, 11) is 0. The second kappa shape index (κ2) is 6.75. The highest BCUT2D eigenvalue weighted by molar-refractivity contribution is 5.79. The minimum atomic E-state index is -0.415. The van der Waals surface area contributed by atoms with Gasteiger partial charge in [-0.1, -0.05) is 18.2 Å². The van der Waals surface area contributed by atoms with Crippen molar-refractivity contribution in [2.45, 2.75) is 19.5 Å². The maximum atomic E-state index is 12.2. The van der Waals surface area contributed by atoms with E-state index in [4.69, 9.17) is 0 Å². The monoisotopic (exact) mass is 347 g/mol. The molecule has 1 N–H and O–H groups in total. The molecule has 0 spiro atoms. The van der Waals surface area contributed by atoms with Crippen molar-refractivity contribution < 1.29 is 4.79 Å². The summed E-state index contributed by atoms with van der Waals surface area (Å²) in [4.78, 5) is 24.9. The van der Waals surface area contributed by atoms with Crippen LogP contribution in [0.1, 0.15) is 18.5 Å². The third-order valence-corrected chi connectivity index (χ3v) is 4.19. The van der Waals surface area contributed by atoms with Crippen molar-refractivity contribution in [3.63, 3.8) is 0 Å². The molecule has 0 saturated carbocycles. The second-order valence-corrected chi connectivity index (χ2v) is 5.90. The number of rotatable bonds is 5. The van der Waals surface area contributed by atoms with Gasteiger partial charge < -0.3 is 5.32 Å². The van der Waals surface area contributed by atoms with E-state index in [1.165, 1.54) is 17.3 Å². The van der Waals surface area contributed by atoms with Gasteiger partial charge in [-0.3, -0.25) is 9.36 Å². The first-order chi connectivity index (χ1) is 12.7. The lowest BCUT2D eigenvalue weighted by Crippen LogP contribution is -2.30. The molecular formula is C18H17N7O. The molecule has 130 valence electrons. The zero-order valence-electron chi connectivity index (χ0n) is 14.1. The van der Waals surface area contributed by atoms with Crippen molar-refractivity contribution in [1.29, 1.82) is 0 Å². The summed E-state index contributed by atoms with van der Waals surface area (Å²) in [6, 6.07) is 11.3. The molecule has 4 aromatic rings. The molecule has 0 radical (unpaired) electrons. The first-order valence-electron chi connectivity index (χ1n) is 8.21. The lowest BCUT2D eigenvalue weighted by atomic mass is 10.2. The lowest BCUT2D eigenvalue weighted by molar-refractivity contribution is -0.124. The molecule has 0 bridgehead atoms. The minimum absolute atomic E-state index is 0.125. The summed E-state index contributed by atoms with van der Waals surface area (Å²) in [6.07, 6.45) is 6.45. The Labute approximate surface area is 149 Å². The van der Waals surface area contributed by atoms with Gasteiger partial charge in [-0.2, -0.15) is 5.10 Å². The standard InChI is InChI=1S/C18H17N7O/c1-13(25-11-19-10-23-25)18(26)21-9-14-6-7-17(20-8-14)24-12-22-15-4-2-3-5-16(15)24/h2-8,10-13H,9H2,1H3,(H,21,26). The average molecular weight is 347 g/mol. The Bertz CT molecular complexity index is 1020. The van der Waals surface area contributed by atoms with Crippen LogP contribution in [0.3, 0.4) is 0 Å². The van der Waals surface area contributed by atoms with Crippen molar-refractivity contribution >= 4 is 16.9 Å². The maximum absolute atomic E-state index is 12.2.